The number of hydrogen-bond acceptors (Lipinski definition) is 7. The quantitative estimate of drug-likeness (QED) is 0.514. The second-order valence-corrected chi connectivity index (χ2v) is 6.25. The van der Waals surface area contributed by atoms with E-state index in [1.807, 2.05) is 0 Å². The minimum Gasteiger partial charge on any atom is -0.496 e. The molecule has 4 rings (SSSR count). The number of fused-ring (bicyclic) bond motifs is 1. The SMILES string of the molecule is COc1ccc(-c2nc3ncccc3o2)cc1NC(=O)c1c(OC)cccc1OC. The van der Waals surface area contributed by atoms with Gasteiger partial charge < -0.3 is 23.9 Å². The van der Waals surface area contributed by atoms with Gasteiger partial charge in [-0.2, -0.15) is 4.98 Å². The highest BCUT2D eigenvalue weighted by atomic mass is 16.5. The first-order valence-electron chi connectivity index (χ1n) is 9.07. The van der Waals surface area contributed by atoms with Crippen molar-refractivity contribution in [2.75, 3.05) is 26.6 Å². The number of benzene rings is 2. The fraction of sp³-hybridized carbons (Fsp3) is 0.136. The molecular formula is C22H19N3O5. The summed E-state index contributed by atoms with van der Waals surface area (Å²) in [7, 11) is 4.51. The van der Waals surface area contributed by atoms with Crippen molar-refractivity contribution in [1.29, 1.82) is 0 Å². The predicted octanol–water partition coefficient (Wildman–Crippen LogP) is 4.17. The maximum Gasteiger partial charge on any atom is 0.263 e. The van der Waals surface area contributed by atoms with Crippen LogP contribution in [0.3, 0.4) is 0 Å². The first-order chi connectivity index (χ1) is 14.6. The van der Waals surface area contributed by atoms with E-state index in [4.69, 9.17) is 18.6 Å². The zero-order chi connectivity index (χ0) is 21.1. The van der Waals surface area contributed by atoms with Gasteiger partial charge in [0.15, 0.2) is 11.2 Å². The summed E-state index contributed by atoms with van der Waals surface area (Å²) in [5, 5.41) is 2.86. The second kappa shape index (κ2) is 8.12. The molecule has 8 nitrogen and oxygen atoms in total. The van der Waals surface area contributed by atoms with Crippen LogP contribution in [-0.4, -0.2) is 37.2 Å². The lowest BCUT2D eigenvalue weighted by Gasteiger charge is -2.15. The monoisotopic (exact) mass is 405 g/mol. The molecule has 0 fully saturated rings. The standard InChI is InChI=1S/C22H19N3O5/c1-27-15-10-9-13(22-25-20-18(30-22)8-5-11-23-20)12-14(15)24-21(26)19-16(28-2)6-4-7-17(19)29-3/h4-12H,1-3H3,(H,24,26). The Hall–Kier alpha value is -4.07. The lowest BCUT2D eigenvalue weighted by Crippen LogP contribution is -2.15. The average Bonchev–Trinajstić information content (AvgIpc) is 3.22. The van der Waals surface area contributed by atoms with Crippen LogP contribution in [0.4, 0.5) is 5.69 Å². The van der Waals surface area contributed by atoms with Gasteiger partial charge in [-0.05, 0) is 42.5 Å². The number of carbonyl (C=O) groups excluding carboxylic acids is 1. The molecule has 2 heterocycles. The highest BCUT2D eigenvalue weighted by molar-refractivity contribution is 6.09. The number of aromatic nitrogens is 2. The van der Waals surface area contributed by atoms with Gasteiger partial charge >= 0.3 is 0 Å². The Morgan fingerprint density at radius 3 is 2.33 bits per heavy atom. The third kappa shape index (κ3) is 3.50. The normalized spacial score (nSPS) is 10.6. The fourth-order valence-electron chi connectivity index (χ4n) is 3.09. The molecule has 0 atom stereocenters. The van der Waals surface area contributed by atoms with Gasteiger partial charge in [-0.1, -0.05) is 6.07 Å². The molecule has 0 saturated heterocycles. The zero-order valence-electron chi connectivity index (χ0n) is 16.6. The summed E-state index contributed by atoms with van der Waals surface area (Å²) in [6, 6.07) is 13.9. The summed E-state index contributed by atoms with van der Waals surface area (Å²) in [5.41, 5.74) is 2.47. The van der Waals surface area contributed by atoms with Gasteiger partial charge in [0, 0.05) is 11.8 Å². The molecule has 2 aromatic heterocycles. The molecule has 2 aromatic carbocycles. The molecule has 0 radical (unpaired) electrons. The number of carbonyl (C=O) groups is 1. The summed E-state index contributed by atoms with van der Waals surface area (Å²) in [4.78, 5) is 21.6. The lowest BCUT2D eigenvalue weighted by atomic mass is 10.1. The van der Waals surface area contributed by atoms with Gasteiger partial charge in [-0.25, -0.2) is 4.98 Å². The van der Waals surface area contributed by atoms with Crippen molar-refractivity contribution < 1.29 is 23.4 Å². The molecule has 30 heavy (non-hydrogen) atoms. The molecule has 0 unspecified atom stereocenters. The third-order valence-corrected chi connectivity index (χ3v) is 4.51. The molecule has 0 spiro atoms. The predicted molar refractivity (Wildman–Crippen MR) is 111 cm³/mol. The van der Waals surface area contributed by atoms with E-state index in [0.717, 1.165) is 0 Å². The first-order valence-corrected chi connectivity index (χ1v) is 9.07. The van der Waals surface area contributed by atoms with Gasteiger partial charge in [0.1, 0.15) is 22.8 Å². The first kappa shape index (κ1) is 19.3. The van der Waals surface area contributed by atoms with Gasteiger partial charge in [0.25, 0.3) is 5.91 Å². The number of nitrogens with one attached hydrogen (secondary N) is 1. The number of nitrogens with zero attached hydrogens (tertiary/aromatic N) is 2. The fourth-order valence-corrected chi connectivity index (χ4v) is 3.09. The summed E-state index contributed by atoms with van der Waals surface area (Å²) in [5.74, 6) is 1.25. The molecule has 0 aliphatic rings. The molecule has 152 valence electrons. The van der Waals surface area contributed by atoms with Gasteiger partial charge in [0.2, 0.25) is 5.89 Å². The van der Waals surface area contributed by atoms with Crippen LogP contribution in [0.5, 0.6) is 17.2 Å². The number of ether oxygens (including phenoxy) is 3. The number of amides is 1. The van der Waals surface area contributed by atoms with Crippen molar-refractivity contribution in [1.82, 2.24) is 9.97 Å². The van der Waals surface area contributed by atoms with E-state index in [-0.39, 0.29) is 5.56 Å². The van der Waals surface area contributed by atoms with Crippen LogP contribution < -0.4 is 19.5 Å². The molecule has 4 aromatic rings. The maximum absolute atomic E-state index is 13.1. The highest BCUT2D eigenvalue weighted by Gasteiger charge is 2.20. The van der Waals surface area contributed by atoms with E-state index in [1.165, 1.54) is 21.3 Å². The van der Waals surface area contributed by atoms with E-state index in [1.54, 1.807) is 54.7 Å². The summed E-state index contributed by atoms with van der Waals surface area (Å²) in [6.45, 7) is 0. The third-order valence-electron chi connectivity index (χ3n) is 4.51. The highest BCUT2D eigenvalue weighted by Crippen LogP contribution is 2.34. The van der Waals surface area contributed by atoms with Crippen molar-refractivity contribution >= 4 is 22.8 Å². The maximum atomic E-state index is 13.1. The number of hydrogen-bond donors (Lipinski definition) is 1. The zero-order valence-corrected chi connectivity index (χ0v) is 16.6. The van der Waals surface area contributed by atoms with Crippen LogP contribution in [0.25, 0.3) is 22.7 Å². The Labute approximate surface area is 172 Å². The van der Waals surface area contributed by atoms with Crippen LogP contribution >= 0.6 is 0 Å². The molecule has 0 aliphatic heterocycles. The van der Waals surface area contributed by atoms with Crippen molar-refractivity contribution in [3.05, 3.63) is 60.3 Å². The molecule has 1 amide bonds. The van der Waals surface area contributed by atoms with Crippen molar-refractivity contribution in [3.8, 4) is 28.7 Å². The summed E-state index contributed by atoms with van der Waals surface area (Å²) >= 11 is 0. The topological polar surface area (TPSA) is 95.7 Å². The Bertz CT molecular complexity index is 1160. The molecule has 8 heteroatoms. The Kier molecular flexibility index (Phi) is 5.21. The largest absolute Gasteiger partial charge is 0.496 e. The van der Waals surface area contributed by atoms with Crippen LogP contribution in [0.1, 0.15) is 10.4 Å². The Balaban J connectivity index is 1.72. The van der Waals surface area contributed by atoms with Gasteiger partial charge in [-0.15, -0.1) is 0 Å². The van der Waals surface area contributed by atoms with Crippen molar-refractivity contribution in [3.63, 3.8) is 0 Å². The van der Waals surface area contributed by atoms with Crippen LogP contribution in [0, 0.1) is 0 Å². The van der Waals surface area contributed by atoms with Crippen LogP contribution in [0.15, 0.2) is 59.1 Å². The van der Waals surface area contributed by atoms with Crippen LogP contribution in [-0.2, 0) is 0 Å². The smallest absolute Gasteiger partial charge is 0.263 e. The molecule has 0 aliphatic carbocycles. The molecule has 0 saturated carbocycles. The number of rotatable bonds is 6. The lowest BCUT2D eigenvalue weighted by molar-refractivity contribution is 0.102. The average molecular weight is 405 g/mol. The Morgan fingerprint density at radius 1 is 0.933 bits per heavy atom. The van der Waals surface area contributed by atoms with E-state index in [0.29, 0.717) is 45.6 Å². The number of methoxy groups -OCH3 is 3. The Morgan fingerprint density at radius 2 is 1.67 bits per heavy atom. The van der Waals surface area contributed by atoms with Crippen LogP contribution in [0.2, 0.25) is 0 Å². The number of anilines is 1. The van der Waals surface area contributed by atoms with Gasteiger partial charge in [-0.3, -0.25) is 4.79 Å². The van der Waals surface area contributed by atoms with E-state index in [9.17, 15) is 4.79 Å². The number of oxazole rings is 1. The minimum atomic E-state index is -0.404. The summed E-state index contributed by atoms with van der Waals surface area (Å²) < 4.78 is 21.8. The summed E-state index contributed by atoms with van der Waals surface area (Å²) in [6.07, 6.45) is 1.65. The second-order valence-electron chi connectivity index (χ2n) is 6.25. The van der Waals surface area contributed by atoms with Crippen molar-refractivity contribution in [2.45, 2.75) is 0 Å². The van der Waals surface area contributed by atoms with E-state index >= 15 is 0 Å². The minimum absolute atomic E-state index is 0.279. The molecule has 0 bridgehead atoms. The molecule has 1 N–H and O–H groups in total. The van der Waals surface area contributed by atoms with E-state index < -0.39 is 5.91 Å². The van der Waals surface area contributed by atoms with Crippen molar-refractivity contribution in [2.24, 2.45) is 0 Å². The van der Waals surface area contributed by atoms with E-state index in [2.05, 4.69) is 15.3 Å². The number of pyridine rings is 1. The molecular weight excluding hydrogens is 386 g/mol. The van der Waals surface area contributed by atoms with Gasteiger partial charge in [0.05, 0.1) is 27.0 Å².